The summed E-state index contributed by atoms with van der Waals surface area (Å²) in [5.41, 5.74) is 5.51. The Morgan fingerprint density at radius 3 is 2.07 bits per heavy atom. The zero-order valence-corrected chi connectivity index (χ0v) is 16.5. The number of nitrogens with zero attached hydrogens (tertiary/aromatic N) is 4. The van der Waals surface area contributed by atoms with Crippen molar-refractivity contribution in [3.8, 4) is 5.69 Å². The molecule has 3 aromatic rings. The lowest BCUT2D eigenvalue weighted by molar-refractivity contribution is 0.0628. The van der Waals surface area contributed by atoms with Crippen molar-refractivity contribution in [3.63, 3.8) is 0 Å². The van der Waals surface area contributed by atoms with Crippen LogP contribution >= 0.6 is 0 Å². The molecule has 0 radical (unpaired) electrons. The van der Waals surface area contributed by atoms with Gasteiger partial charge in [-0.1, -0.05) is 0 Å². The van der Waals surface area contributed by atoms with E-state index in [2.05, 4.69) is 40.4 Å². The number of benzene rings is 1. The molecular weight excluding hydrogens is 348 g/mol. The minimum atomic E-state index is 0.121. The summed E-state index contributed by atoms with van der Waals surface area (Å²) in [5, 5.41) is 0. The molecule has 1 aliphatic rings. The van der Waals surface area contributed by atoms with Crippen molar-refractivity contribution in [2.24, 2.45) is 0 Å². The normalized spacial score (nSPS) is 15.0. The number of rotatable bonds is 4. The molecule has 0 bridgehead atoms. The van der Waals surface area contributed by atoms with Gasteiger partial charge in [-0.3, -0.25) is 14.7 Å². The summed E-state index contributed by atoms with van der Waals surface area (Å²) in [6.45, 7) is 8.43. The van der Waals surface area contributed by atoms with Crippen molar-refractivity contribution >= 4 is 5.91 Å². The van der Waals surface area contributed by atoms with Crippen LogP contribution in [0.3, 0.4) is 0 Å². The quantitative estimate of drug-likeness (QED) is 0.702. The predicted octanol–water partition coefficient (Wildman–Crippen LogP) is 3.45. The third-order valence-corrected chi connectivity index (χ3v) is 5.46. The summed E-state index contributed by atoms with van der Waals surface area (Å²) in [6.07, 6.45) is 3.66. The number of pyridine rings is 1. The molecule has 5 heteroatoms. The fourth-order valence-electron chi connectivity index (χ4n) is 3.87. The lowest BCUT2D eigenvalue weighted by Crippen LogP contribution is -2.48. The second kappa shape index (κ2) is 7.98. The third kappa shape index (κ3) is 3.85. The lowest BCUT2D eigenvalue weighted by Gasteiger charge is -2.34. The number of amides is 1. The summed E-state index contributed by atoms with van der Waals surface area (Å²) < 4.78 is 2.20. The molecule has 144 valence electrons. The maximum absolute atomic E-state index is 12.9. The number of hydrogen-bond acceptors (Lipinski definition) is 3. The van der Waals surface area contributed by atoms with Crippen molar-refractivity contribution in [2.75, 3.05) is 26.2 Å². The number of aryl methyl sites for hydroxylation is 2. The van der Waals surface area contributed by atoms with E-state index < -0.39 is 0 Å². The van der Waals surface area contributed by atoms with Crippen LogP contribution in [-0.4, -0.2) is 51.4 Å². The Hall–Kier alpha value is -2.92. The van der Waals surface area contributed by atoms with Gasteiger partial charge in [0, 0.05) is 67.8 Å². The smallest absolute Gasteiger partial charge is 0.253 e. The molecule has 1 amide bonds. The van der Waals surface area contributed by atoms with Gasteiger partial charge in [0.1, 0.15) is 0 Å². The van der Waals surface area contributed by atoms with E-state index in [0.29, 0.717) is 0 Å². The maximum atomic E-state index is 12.9. The number of piperazine rings is 1. The molecule has 0 spiro atoms. The molecule has 1 fully saturated rings. The van der Waals surface area contributed by atoms with Crippen molar-refractivity contribution in [2.45, 2.75) is 20.4 Å². The second-order valence-electron chi connectivity index (χ2n) is 7.42. The highest BCUT2D eigenvalue weighted by Gasteiger charge is 2.22. The van der Waals surface area contributed by atoms with Gasteiger partial charge in [0.2, 0.25) is 0 Å². The molecule has 1 aliphatic heterocycles. The Morgan fingerprint density at radius 1 is 0.857 bits per heavy atom. The molecule has 0 N–H and O–H groups in total. The van der Waals surface area contributed by atoms with Crippen LogP contribution in [0.2, 0.25) is 0 Å². The molecule has 28 heavy (non-hydrogen) atoms. The van der Waals surface area contributed by atoms with Gasteiger partial charge in [0.15, 0.2) is 0 Å². The first-order chi connectivity index (χ1) is 13.6. The second-order valence-corrected chi connectivity index (χ2v) is 7.42. The Bertz CT molecular complexity index is 919. The van der Waals surface area contributed by atoms with Crippen LogP contribution in [0.25, 0.3) is 5.69 Å². The van der Waals surface area contributed by atoms with Gasteiger partial charge in [0.25, 0.3) is 5.91 Å². The molecule has 0 saturated carbocycles. The summed E-state index contributed by atoms with van der Waals surface area (Å²) in [4.78, 5) is 21.3. The average Bonchev–Trinajstić information content (AvgIpc) is 3.07. The molecule has 0 aliphatic carbocycles. The summed E-state index contributed by atoms with van der Waals surface area (Å²) in [6, 6.07) is 16.3. The highest BCUT2D eigenvalue weighted by molar-refractivity contribution is 5.94. The zero-order chi connectivity index (χ0) is 19.5. The Balaban J connectivity index is 1.37. The number of carbonyl (C=O) groups excluding carboxylic acids is 1. The minimum Gasteiger partial charge on any atom is -0.336 e. The first-order valence-electron chi connectivity index (χ1n) is 9.78. The van der Waals surface area contributed by atoms with Crippen molar-refractivity contribution in [3.05, 3.63) is 83.4 Å². The van der Waals surface area contributed by atoms with Crippen molar-refractivity contribution in [1.29, 1.82) is 0 Å². The standard InChI is InChI=1S/C23H26N4O/c1-18-3-4-19(2)27(18)22-7-5-21(6-8-22)23(28)26-15-13-25(14-16-26)17-20-9-11-24-12-10-20/h3-12H,13-17H2,1-2H3. The number of carbonyl (C=O) groups is 1. The fourth-order valence-corrected chi connectivity index (χ4v) is 3.87. The molecule has 0 unspecified atom stereocenters. The highest BCUT2D eigenvalue weighted by Crippen LogP contribution is 2.18. The largest absolute Gasteiger partial charge is 0.336 e. The first kappa shape index (κ1) is 18.4. The van der Waals surface area contributed by atoms with Crippen LogP contribution in [0, 0.1) is 13.8 Å². The average molecular weight is 374 g/mol. The summed E-state index contributed by atoms with van der Waals surface area (Å²) in [5.74, 6) is 0.121. The van der Waals surface area contributed by atoms with E-state index in [0.717, 1.165) is 44.0 Å². The summed E-state index contributed by atoms with van der Waals surface area (Å²) >= 11 is 0. The molecule has 2 aromatic heterocycles. The van der Waals surface area contributed by atoms with Crippen LogP contribution in [-0.2, 0) is 6.54 Å². The topological polar surface area (TPSA) is 41.4 Å². The monoisotopic (exact) mass is 374 g/mol. The van der Waals surface area contributed by atoms with E-state index in [-0.39, 0.29) is 5.91 Å². The van der Waals surface area contributed by atoms with Crippen molar-refractivity contribution in [1.82, 2.24) is 19.4 Å². The van der Waals surface area contributed by atoms with E-state index in [1.807, 2.05) is 53.7 Å². The van der Waals surface area contributed by atoms with Gasteiger partial charge in [-0.25, -0.2) is 0 Å². The molecule has 1 aromatic carbocycles. The van der Waals surface area contributed by atoms with E-state index in [9.17, 15) is 4.79 Å². The lowest BCUT2D eigenvalue weighted by atomic mass is 10.1. The van der Waals surface area contributed by atoms with E-state index >= 15 is 0 Å². The maximum Gasteiger partial charge on any atom is 0.253 e. The summed E-state index contributed by atoms with van der Waals surface area (Å²) in [7, 11) is 0. The van der Waals surface area contributed by atoms with Gasteiger partial charge >= 0.3 is 0 Å². The van der Waals surface area contributed by atoms with Crippen molar-refractivity contribution < 1.29 is 4.79 Å². The van der Waals surface area contributed by atoms with E-state index in [4.69, 9.17) is 0 Å². The number of aromatic nitrogens is 2. The SMILES string of the molecule is Cc1ccc(C)n1-c1ccc(C(=O)N2CCN(Cc3ccncc3)CC2)cc1. The molecule has 5 nitrogen and oxygen atoms in total. The molecule has 0 atom stereocenters. The Labute approximate surface area is 166 Å². The minimum absolute atomic E-state index is 0.121. The molecule has 1 saturated heterocycles. The van der Waals surface area contributed by atoms with Gasteiger partial charge in [-0.2, -0.15) is 0 Å². The zero-order valence-electron chi connectivity index (χ0n) is 16.5. The van der Waals surface area contributed by atoms with E-state index in [1.165, 1.54) is 17.0 Å². The van der Waals surface area contributed by atoms with Gasteiger partial charge in [-0.05, 0) is 67.9 Å². The Morgan fingerprint density at radius 2 is 1.46 bits per heavy atom. The van der Waals surface area contributed by atoms with Gasteiger partial charge < -0.3 is 9.47 Å². The van der Waals surface area contributed by atoms with Crippen LogP contribution in [0.4, 0.5) is 0 Å². The van der Waals surface area contributed by atoms with E-state index in [1.54, 1.807) is 0 Å². The molecule has 4 rings (SSSR count). The van der Waals surface area contributed by atoms with Crippen LogP contribution in [0.15, 0.2) is 60.9 Å². The Kier molecular flexibility index (Phi) is 5.26. The molecule has 3 heterocycles. The molecular formula is C23H26N4O. The fraction of sp³-hybridized carbons (Fsp3) is 0.304. The third-order valence-electron chi connectivity index (χ3n) is 5.46. The number of hydrogen-bond donors (Lipinski definition) is 0. The van der Waals surface area contributed by atoms with Crippen LogP contribution in [0.5, 0.6) is 0 Å². The van der Waals surface area contributed by atoms with Crippen LogP contribution < -0.4 is 0 Å². The van der Waals surface area contributed by atoms with Gasteiger partial charge in [0.05, 0.1) is 0 Å². The predicted molar refractivity (Wildman–Crippen MR) is 111 cm³/mol. The highest BCUT2D eigenvalue weighted by atomic mass is 16.2. The van der Waals surface area contributed by atoms with Gasteiger partial charge in [-0.15, -0.1) is 0 Å². The first-order valence-corrected chi connectivity index (χ1v) is 9.78. The van der Waals surface area contributed by atoms with Crippen LogP contribution in [0.1, 0.15) is 27.3 Å².